The first-order chi connectivity index (χ1) is 12.6. The normalized spacial score (nSPS) is 22.1. The van der Waals surface area contributed by atoms with Gasteiger partial charge in [-0.1, -0.05) is 36.4 Å². The van der Waals surface area contributed by atoms with Crippen molar-refractivity contribution in [3.8, 4) is 11.3 Å². The van der Waals surface area contributed by atoms with Crippen LogP contribution in [0.5, 0.6) is 0 Å². The van der Waals surface area contributed by atoms with Crippen molar-refractivity contribution in [2.45, 2.75) is 25.7 Å². The molecule has 2 aliphatic rings. The highest BCUT2D eigenvalue weighted by atomic mass is 16.2. The van der Waals surface area contributed by atoms with Gasteiger partial charge in [0.1, 0.15) is 0 Å². The molecule has 0 bridgehead atoms. The van der Waals surface area contributed by atoms with E-state index < -0.39 is 0 Å². The summed E-state index contributed by atoms with van der Waals surface area (Å²) in [4.78, 5) is 26.6. The molecular weight excluding hydrogens is 328 g/mol. The summed E-state index contributed by atoms with van der Waals surface area (Å²) in [6.45, 7) is 0.536. The Balaban J connectivity index is 1.51. The van der Waals surface area contributed by atoms with E-state index in [0.717, 1.165) is 36.2 Å². The van der Waals surface area contributed by atoms with Gasteiger partial charge in [0.15, 0.2) is 0 Å². The molecule has 26 heavy (non-hydrogen) atoms. The molecule has 1 fully saturated rings. The molecule has 2 aromatic rings. The van der Waals surface area contributed by atoms with Crippen LogP contribution in [0.3, 0.4) is 0 Å². The second kappa shape index (κ2) is 6.44. The number of hydrogen-bond acceptors (Lipinski definition) is 3. The molecule has 1 atom stereocenters. The summed E-state index contributed by atoms with van der Waals surface area (Å²) in [6.07, 6.45) is 6.94. The van der Waals surface area contributed by atoms with Gasteiger partial charge in [-0.05, 0) is 19.3 Å². The van der Waals surface area contributed by atoms with Crippen LogP contribution >= 0.6 is 0 Å². The van der Waals surface area contributed by atoms with E-state index in [1.165, 1.54) is 0 Å². The zero-order valence-corrected chi connectivity index (χ0v) is 14.8. The number of benzene rings is 1. The van der Waals surface area contributed by atoms with Crippen LogP contribution in [0.25, 0.3) is 11.3 Å². The van der Waals surface area contributed by atoms with E-state index in [0.29, 0.717) is 18.5 Å². The van der Waals surface area contributed by atoms with Crippen molar-refractivity contribution in [1.29, 1.82) is 0 Å². The predicted molar refractivity (Wildman–Crippen MR) is 98.1 cm³/mol. The molecule has 6 nitrogen and oxygen atoms in total. The van der Waals surface area contributed by atoms with E-state index in [1.54, 1.807) is 11.1 Å². The van der Waals surface area contributed by atoms with Crippen LogP contribution in [0.2, 0.25) is 0 Å². The number of H-pyrrole nitrogens is 1. The quantitative estimate of drug-likeness (QED) is 0.890. The average Bonchev–Trinajstić information content (AvgIpc) is 3.32. The number of hydrogen-bond donors (Lipinski definition) is 2. The van der Waals surface area contributed by atoms with Gasteiger partial charge in [0.05, 0.1) is 17.5 Å². The Morgan fingerprint density at radius 1 is 1.31 bits per heavy atom. The van der Waals surface area contributed by atoms with E-state index in [-0.39, 0.29) is 17.2 Å². The third-order valence-corrected chi connectivity index (χ3v) is 5.59. The standard InChI is InChI=1S/C20H22N4O2/c1-24-16-8-5-10-20(16,11-9-17(24)25)13-21-19(26)15-12-22-23-18(15)14-6-3-2-4-7-14/h2-4,6-8,12H,5,9-11,13H2,1H3,(H,21,26)(H,22,23). The van der Waals surface area contributed by atoms with Gasteiger partial charge < -0.3 is 10.2 Å². The number of rotatable bonds is 4. The first-order valence-corrected chi connectivity index (χ1v) is 8.95. The monoisotopic (exact) mass is 350 g/mol. The van der Waals surface area contributed by atoms with Gasteiger partial charge >= 0.3 is 0 Å². The molecule has 1 aromatic heterocycles. The number of likely N-dealkylation sites (tertiary alicyclic amines) is 1. The van der Waals surface area contributed by atoms with E-state index in [2.05, 4.69) is 21.6 Å². The van der Waals surface area contributed by atoms with E-state index in [1.807, 2.05) is 37.4 Å². The number of nitrogens with one attached hydrogen (secondary N) is 2. The number of piperidine rings is 1. The van der Waals surface area contributed by atoms with Gasteiger partial charge in [-0.15, -0.1) is 0 Å². The molecule has 2 amide bonds. The Morgan fingerprint density at radius 3 is 2.92 bits per heavy atom. The van der Waals surface area contributed by atoms with Crippen molar-refractivity contribution in [1.82, 2.24) is 20.4 Å². The van der Waals surface area contributed by atoms with Crippen molar-refractivity contribution >= 4 is 11.8 Å². The fourth-order valence-corrected chi connectivity index (χ4v) is 4.12. The average molecular weight is 350 g/mol. The largest absolute Gasteiger partial charge is 0.351 e. The van der Waals surface area contributed by atoms with Crippen molar-refractivity contribution in [3.05, 3.63) is 53.9 Å². The van der Waals surface area contributed by atoms with Crippen molar-refractivity contribution < 1.29 is 9.59 Å². The molecule has 4 rings (SSSR count). The molecule has 1 unspecified atom stereocenters. The lowest BCUT2D eigenvalue weighted by atomic mass is 9.77. The number of amides is 2. The van der Waals surface area contributed by atoms with Crippen LogP contribution in [0, 0.1) is 5.41 Å². The van der Waals surface area contributed by atoms with Gasteiger partial charge in [0.25, 0.3) is 5.91 Å². The number of carbonyl (C=O) groups is 2. The lowest BCUT2D eigenvalue weighted by Crippen LogP contribution is -2.46. The van der Waals surface area contributed by atoms with E-state index in [4.69, 9.17) is 0 Å². The number of carbonyl (C=O) groups excluding carboxylic acids is 2. The van der Waals surface area contributed by atoms with Gasteiger partial charge in [0, 0.05) is 36.7 Å². The highest BCUT2D eigenvalue weighted by Gasteiger charge is 2.44. The third kappa shape index (κ3) is 2.71. The van der Waals surface area contributed by atoms with Crippen molar-refractivity contribution in [3.63, 3.8) is 0 Å². The maximum absolute atomic E-state index is 12.8. The number of aromatic nitrogens is 2. The number of nitrogens with zero attached hydrogens (tertiary/aromatic N) is 2. The zero-order valence-electron chi connectivity index (χ0n) is 14.8. The number of allylic oxidation sites excluding steroid dienone is 1. The van der Waals surface area contributed by atoms with Crippen LogP contribution in [0.15, 0.2) is 48.3 Å². The van der Waals surface area contributed by atoms with E-state index in [9.17, 15) is 9.59 Å². The summed E-state index contributed by atoms with van der Waals surface area (Å²) >= 11 is 0. The van der Waals surface area contributed by atoms with E-state index >= 15 is 0 Å². The second-order valence-corrected chi connectivity index (χ2v) is 7.07. The minimum atomic E-state index is -0.141. The molecule has 0 radical (unpaired) electrons. The van der Waals surface area contributed by atoms with Crippen molar-refractivity contribution in [2.24, 2.45) is 5.41 Å². The molecule has 1 saturated heterocycles. The lowest BCUT2D eigenvalue weighted by molar-refractivity contribution is -0.131. The fourth-order valence-electron chi connectivity index (χ4n) is 4.12. The molecular formula is C20H22N4O2. The van der Waals surface area contributed by atoms with Crippen LogP contribution in [0.1, 0.15) is 36.0 Å². The van der Waals surface area contributed by atoms with Crippen LogP contribution in [-0.4, -0.2) is 40.5 Å². The maximum atomic E-state index is 12.8. The predicted octanol–water partition coefficient (Wildman–Crippen LogP) is 2.72. The fraction of sp³-hybridized carbons (Fsp3) is 0.350. The number of fused-ring (bicyclic) bond motifs is 1. The van der Waals surface area contributed by atoms with Crippen molar-refractivity contribution in [2.75, 3.05) is 13.6 Å². The molecule has 2 heterocycles. The first-order valence-electron chi connectivity index (χ1n) is 8.95. The summed E-state index contributed by atoms with van der Waals surface area (Å²) in [7, 11) is 1.83. The molecule has 1 aromatic carbocycles. The minimum Gasteiger partial charge on any atom is -0.351 e. The number of aromatic amines is 1. The topological polar surface area (TPSA) is 78.1 Å². The molecule has 134 valence electrons. The Hall–Kier alpha value is -2.89. The molecule has 0 saturated carbocycles. The van der Waals surface area contributed by atoms with Crippen LogP contribution < -0.4 is 5.32 Å². The lowest BCUT2D eigenvalue weighted by Gasteiger charge is -2.41. The first kappa shape index (κ1) is 16.6. The highest BCUT2D eigenvalue weighted by Crippen LogP contribution is 2.46. The second-order valence-electron chi connectivity index (χ2n) is 7.07. The van der Waals surface area contributed by atoms with Crippen LogP contribution in [0.4, 0.5) is 0 Å². The summed E-state index contributed by atoms with van der Waals surface area (Å²) in [5.41, 5.74) is 3.12. The smallest absolute Gasteiger partial charge is 0.255 e. The SMILES string of the molecule is CN1C(=O)CCC2(CNC(=O)c3cn[nH]c3-c3ccccc3)CCC=C12. The third-order valence-electron chi connectivity index (χ3n) is 5.59. The molecule has 1 aliphatic carbocycles. The molecule has 6 heteroatoms. The maximum Gasteiger partial charge on any atom is 0.255 e. The summed E-state index contributed by atoms with van der Waals surface area (Å²) in [5.74, 6) is 0.0130. The Morgan fingerprint density at radius 2 is 2.12 bits per heavy atom. The van der Waals surface area contributed by atoms with Crippen LogP contribution in [-0.2, 0) is 4.79 Å². The highest BCUT2D eigenvalue weighted by molar-refractivity contribution is 5.99. The molecule has 1 aliphatic heterocycles. The van der Waals surface area contributed by atoms with Gasteiger partial charge in [0.2, 0.25) is 5.91 Å². The minimum absolute atomic E-state index is 0.130. The molecule has 0 spiro atoms. The van der Waals surface area contributed by atoms with Gasteiger partial charge in [-0.2, -0.15) is 5.10 Å². The Labute approximate surface area is 152 Å². The Bertz CT molecular complexity index is 871. The summed E-state index contributed by atoms with van der Waals surface area (Å²) < 4.78 is 0. The van der Waals surface area contributed by atoms with Gasteiger partial charge in [-0.3, -0.25) is 14.7 Å². The Kier molecular flexibility index (Phi) is 4.11. The zero-order chi connectivity index (χ0) is 18.1. The summed E-state index contributed by atoms with van der Waals surface area (Å²) in [6, 6.07) is 9.70. The summed E-state index contributed by atoms with van der Waals surface area (Å²) in [5, 5.41) is 10.1. The molecule has 2 N–H and O–H groups in total. The van der Waals surface area contributed by atoms with Gasteiger partial charge in [-0.25, -0.2) is 0 Å².